The molecule has 0 unspecified atom stereocenters. The molecule has 0 bridgehead atoms. The van der Waals surface area contributed by atoms with Gasteiger partial charge in [0.15, 0.2) is 11.5 Å². The highest BCUT2D eigenvalue weighted by atomic mass is 16.6. The minimum absolute atomic E-state index is 0.0139. The van der Waals surface area contributed by atoms with Crippen LogP contribution >= 0.6 is 0 Å². The Balaban J connectivity index is 1.79. The number of likely N-dealkylation sites (tertiary alicyclic amines) is 1. The summed E-state index contributed by atoms with van der Waals surface area (Å²) < 4.78 is 21.9. The third-order valence-corrected chi connectivity index (χ3v) is 5.64. The van der Waals surface area contributed by atoms with Crippen molar-refractivity contribution in [2.75, 3.05) is 40.1 Å². The molecule has 2 aliphatic heterocycles. The molecule has 2 aliphatic rings. The highest BCUT2D eigenvalue weighted by molar-refractivity contribution is 6.46. The van der Waals surface area contributed by atoms with Crippen LogP contribution in [0.2, 0.25) is 0 Å². The van der Waals surface area contributed by atoms with Crippen LogP contribution in [0.4, 0.5) is 0 Å². The maximum Gasteiger partial charge on any atom is 0.295 e. The van der Waals surface area contributed by atoms with E-state index in [0.29, 0.717) is 67.8 Å². The molecule has 8 heteroatoms. The highest BCUT2D eigenvalue weighted by Gasteiger charge is 2.46. The number of amides is 1. The van der Waals surface area contributed by atoms with E-state index in [9.17, 15) is 14.7 Å². The second-order valence-electron chi connectivity index (χ2n) is 7.87. The number of aliphatic hydroxyl groups is 1. The zero-order valence-electron chi connectivity index (χ0n) is 19.0. The normalized spacial score (nSPS) is 18.7. The first-order valence-electron chi connectivity index (χ1n) is 11.1. The van der Waals surface area contributed by atoms with Gasteiger partial charge in [0.2, 0.25) is 0 Å². The average Bonchev–Trinajstić information content (AvgIpc) is 3.12. The van der Waals surface area contributed by atoms with Gasteiger partial charge in [-0.15, -0.1) is 0 Å². The first-order valence-corrected chi connectivity index (χ1v) is 11.1. The summed E-state index contributed by atoms with van der Waals surface area (Å²) in [4.78, 5) is 27.6. The number of hydrogen-bond acceptors (Lipinski definition) is 7. The Morgan fingerprint density at radius 2 is 1.97 bits per heavy atom. The van der Waals surface area contributed by atoms with Gasteiger partial charge in [0.05, 0.1) is 11.6 Å². The maximum atomic E-state index is 13.2. The van der Waals surface area contributed by atoms with Gasteiger partial charge >= 0.3 is 0 Å². The van der Waals surface area contributed by atoms with Gasteiger partial charge in [0, 0.05) is 25.8 Å². The Bertz CT molecular complexity index is 1120. The molecule has 0 spiro atoms. The molecule has 2 aromatic carbocycles. The molecule has 1 N–H and O–H groups in total. The van der Waals surface area contributed by atoms with Gasteiger partial charge in [0.1, 0.15) is 31.3 Å². The Hall–Kier alpha value is -3.78. The van der Waals surface area contributed by atoms with Crippen LogP contribution < -0.4 is 14.2 Å². The summed E-state index contributed by atoms with van der Waals surface area (Å²) in [6.07, 6.45) is 2.17. The van der Waals surface area contributed by atoms with Crippen LogP contribution in [0, 0.1) is 0 Å². The molecule has 2 aromatic rings. The SMILES string of the molecule is C=CCOc1cccc([C@@H]2/C(=C(\O)c3ccc4c(c3)OCCO4)C(=O)C(=O)N2CCCOC)c1. The number of methoxy groups -OCH3 is 1. The molecule has 34 heavy (non-hydrogen) atoms. The molecule has 1 fully saturated rings. The third kappa shape index (κ3) is 4.63. The van der Waals surface area contributed by atoms with Crippen LogP contribution in [0.15, 0.2) is 60.7 Å². The monoisotopic (exact) mass is 465 g/mol. The fourth-order valence-electron chi connectivity index (χ4n) is 4.11. The first-order chi connectivity index (χ1) is 16.5. The minimum Gasteiger partial charge on any atom is -0.507 e. The lowest BCUT2D eigenvalue weighted by atomic mass is 9.95. The van der Waals surface area contributed by atoms with Crippen molar-refractivity contribution in [1.82, 2.24) is 4.90 Å². The lowest BCUT2D eigenvalue weighted by Gasteiger charge is -2.25. The van der Waals surface area contributed by atoms with E-state index in [-0.39, 0.29) is 11.3 Å². The van der Waals surface area contributed by atoms with Gasteiger partial charge in [-0.3, -0.25) is 9.59 Å². The van der Waals surface area contributed by atoms with Crippen LogP contribution in [0.25, 0.3) is 5.76 Å². The number of Topliss-reactive ketones (excluding diaryl/α,β-unsaturated/α-hetero) is 1. The van der Waals surface area contributed by atoms with E-state index >= 15 is 0 Å². The lowest BCUT2D eigenvalue weighted by Crippen LogP contribution is -2.31. The summed E-state index contributed by atoms with van der Waals surface area (Å²) in [7, 11) is 1.58. The predicted octanol–water partition coefficient (Wildman–Crippen LogP) is 3.48. The summed E-state index contributed by atoms with van der Waals surface area (Å²) in [5, 5.41) is 11.3. The standard InChI is InChI=1S/C26H27NO7/c1-3-11-32-19-7-4-6-17(15-19)23-22(25(29)26(30)27(23)10-5-12-31-2)24(28)18-8-9-20-21(16-18)34-14-13-33-20/h3-4,6-9,15-16,23,28H,1,5,10-14H2,2H3/b24-22+/t23-/m1/s1. The zero-order chi connectivity index (χ0) is 24.1. The molecule has 2 heterocycles. The largest absolute Gasteiger partial charge is 0.507 e. The van der Waals surface area contributed by atoms with E-state index in [1.807, 2.05) is 0 Å². The molecule has 0 aromatic heterocycles. The van der Waals surface area contributed by atoms with E-state index in [0.717, 1.165) is 0 Å². The fourth-order valence-corrected chi connectivity index (χ4v) is 4.11. The molecule has 0 aliphatic carbocycles. The molecule has 8 nitrogen and oxygen atoms in total. The molecule has 178 valence electrons. The van der Waals surface area contributed by atoms with Gasteiger partial charge in [-0.2, -0.15) is 0 Å². The molecule has 0 radical (unpaired) electrons. The first kappa shape index (κ1) is 23.4. The van der Waals surface area contributed by atoms with Gasteiger partial charge in [-0.1, -0.05) is 24.8 Å². The molecular formula is C26H27NO7. The molecule has 0 saturated carbocycles. The Morgan fingerprint density at radius 3 is 2.74 bits per heavy atom. The van der Waals surface area contributed by atoms with Crippen LogP contribution in [-0.4, -0.2) is 61.8 Å². The van der Waals surface area contributed by atoms with Gasteiger partial charge in [0.25, 0.3) is 11.7 Å². The number of ketones is 1. The number of rotatable bonds is 9. The van der Waals surface area contributed by atoms with E-state index in [2.05, 4.69) is 6.58 Å². The Labute approximate surface area is 198 Å². The number of aliphatic hydroxyl groups excluding tert-OH is 1. The van der Waals surface area contributed by atoms with Crippen LogP contribution in [0.5, 0.6) is 17.2 Å². The van der Waals surface area contributed by atoms with Crippen LogP contribution in [0.3, 0.4) is 0 Å². The van der Waals surface area contributed by atoms with E-state index in [1.165, 1.54) is 4.90 Å². The van der Waals surface area contributed by atoms with Crippen LogP contribution in [-0.2, 0) is 14.3 Å². The molecule has 1 saturated heterocycles. The van der Waals surface area contributed by atoms with Crippen molar-refractivity contribution in [3.05, 3.63) is 71.8 Å². The smallest absolute Gasteiger partial charge is 0.295 e. The topological polar surface area (TPSA) is 94.5 Å². The lowest BCUT2D eigenvalue weighted by molar-refractivity contribution is -0.140. The summed E-state index contributed by atoms with van der Waals surface area (Å²) in [6.45, 7) is 5.52. The molecule has 1 atom stereocenters. The van der Waals surface area contributed by atoms with Crippen molar-refractivity contribution < 1.29 is 33.6 Å². The number of fused-ring (bicyclic) bond motifs is 1. The van der Waals surface area contributed by atoms with E-state index < -0.39 is 17.7 Å². The minimum atomic E-state index is -0.780. The maximum absolute atomic E-state index is 13.2. The van der Waals surface area contributed by atoms with Gasteiger partial charge in [-0.25, -0.2) is 0 Å². The highest BCUT2D eigenvalue weighted by Crippen LogP contribution is 2.41. The number of ether oxygens (including phenoxy) is 4. The van der Waals surface area contributed by atoms with Crippen molar-refractivity contribution >= 4 is 17.4 Å². The summed E-state index contributed by atoms with van der Waals surface area (Å²) in [6, 6.07) is 11.3. The summed E-state index contributed by atoms with van der Waals surface area (Å²) >= 11 is 0. The average molecular weight is 466 g/mol. The number of nitrogens with zero attached hydrogens (tertiary/aromatic N) is 1. The number of carbonyl (C=O) groups is 2. The number of benzene rings is 2. The number of carbonyl (C=O) groups excluding carboxylic acids is 2. The van der Waals surface area contributed by atoms with Crippen molar-refractivity contribution in [2.24, 2.45) is 0 Å². The summed E-state index contributed by atoms with van der Waals surface area (Å²) in [5.41, 5.74) is 1.03. The van der Waals surface area contributed by atoms with E-state index in [4.69, 9.17) is 18.9 Å². The van der Waals surface area contributed by atoms with Crippen LogP contribution in [0.1, 0.15) is 23.6 Å². The Kier molecular flexibility index (Phi) is 7.18. The van der Waals surface area contributed by atoms with Crippen molar-refractivity contribution in [3.63, 3.8) is 0 Å². The van der Waals surface area contributed by atoms with Crippen molar-refractivity contribution in [3.8, 4) is 17.2 Å². The molecule has 1 amide bonds. The molecule has 4 rings (SSSR count). The van der Waals surface area contributed by atoms with Crippen molar-refractivity contribution in [2.45, 2.75) is 12.5 Å². The predicted molar refractivity (Wildman–Crippen MR) is 125 cm³/mol. The Morgan fingerprint density at radius 1 is 1.18 bits per heavy atom. The van der Waals surface area contributed by atoms with Gasteiger partial charge in [-0.05, 0) is 42.3 Å². The third-order valence-electron chi connectivity index (χ3n) is 5.64. The second-order valence-corrected chi connectivity index (χ2v) is 7.87. The fraction of sp³-hybridized carbons (Fsp3) is 0.308. The summed E-state index contributed by atoms with van der Waals surface area (Å²) in [5.74, 6) is -0.0801. The van der Waals surface area contributed by atoms with E-state index in [1.54, 1.807) is 55.7 Å². The zero-order valence-corrected chi connectivity index (χ0v) is 19.0. The second kappa shape index (κ2) is 10.4. The molecular weight excluding hydrogens is 438 g/mol. The van der Waals surface area contributed by atoms with Crippen molar-refractivity contribution in [1.29, 1.82) is 0 Å². The number of hydrogen-bond donors (Lipinski definition) is 1. The quantitative estimate of drug-likeness (QED) is 0.199. The van der Waals surface area contributed by atoms with Gasteiger partial charge < -0.3 is 29.0 Å².